The summed E-state index contributed by atoms with van der Waals surface area (Å²) in [6, 6.07) is 14.5. The van der Waals surface area contributed by atoms with Gasteiger partial charge >= 0.3 is 0 Å². The van der Waals surface area contributed by atoms with Gasteiger partial charge in [-0.05, 0) is 31.2 Å². The maximum atomic E-state index is 4.87. The molecule has 2 N–H and O–H groups in total. The molecule has 2 bridgehead atoms. The topological polar surface area (TPSA) is 65.7 Å². The first-order chi connectivity index (χ1) is 12.8. The molecule has 27 heavy (non-hydrogen) atoms. The molecule has 1 aromatic carbocycles. The summed E-state index contributed by atoms with van der Waals surface area (Å²) in [4.78, 5) is 7.07. The van der Waals surface area contributed by atoms with Gasteiger partial charge in [-0.2, -0.15) is 0 Å². The van der Waals surface area contributed by atoms with Crippen molar-refractivity contribution in [3.8, 4) is 0 Å². The van der Waals surface area contributed by atoms with E-state index < -0.39 is 0 Å². The molecule has 2 fully saturated rings. The van der Waals surface area contributed by atoms with Gasteiger partial charge < -0.3 is 15.2 Å². The Labute approximate surface area is 177 Å². The normalized spacial score (nSPS) is 25.1. The molecule has 2 aliphatic heterocycles. The summed E-state index contributed by atoms with van der Waals surface area (Å²) in [6.45, 7) is 1.69. The van der Waals surface area contributed by atoms with Gasteiger partial charge in [-0.1, -0.05) is 35.5 Å². The van der Waals surface area contributed by atoms with E-state index >= 15 is 0 Å². The molecule has 2 saturated heterocycles. The molecule has 2 atom stereocenters. The van der Waals surface area contributed by atoms with Crippen molar-refractivity contribution in [1.29, 1.82) is 0 Å². The predicted octanol–water partition coefficient (Wildman–Crippen LogP) is 3.15. The Balaban J connectivity index is 0.00000210. The number of nitrogens with one attached hydrogen (secondary N) is 2. The van der Waals surface area contributed by atoms with Gasteiger partial charge in [0.1, 0.15) is 12.0 Å². The van der Waals surface area contributed by atoms with Gasteiger partial charge in [0.2, 0.25) is 0 Å². The van der Waals surface area contributed by atoms with Crippen LogP contribution in [0.5, 0.6) is 0 Å². The molecular formula is C20H28IN5O. The van der Waals surface area contributed by atoms with Crippen molar-refractivity contribution in [3.63, 3.8) is 0 Å². The van der Waals surface area contributed by atoms with Crippen molar-refractivity contribution in [3.05, 3.63) is 53.9 Å². The number of guanidine groups is 1. The zero-order valence-electron chi connectivity index (χ0n) is 15.7. The number of nitrogens with zero attached hydrogens (tertiary/aromatic N) is 3. The molecule has 0 aliphatic carbocycles. The molecule has 6 nitrogen and oxygen atoms in total. The van der Waals surface area contributed by atoms with Gasteiger partial charge in [0.05, 0.1) is 6.54 Å². The van der Waals surface area contributed by atoms with Crippen LogP contribution in [-0.2, 0) is 13.1 Å². The SMILES string of the molecule is CN=C(NCc1ccon1)NC1CC2CCC(C1)N2Cc1ccccc1.I. The van der Waals surface area contributed by atoms with E-state index in [1.54, 1.807) is 6.26 Å². The number of piperidine rings is 1. The number of aromatic nitrogens is 1. The van der Waals surface area contributed by atoms with Gasteiger partial charge in [-0.25, -0.2) is 0 Å². The van der Waals surface area contributed by atoms with E-state index in [1.165, 1.54) is 31.2 Å². The monoisotopic (exact) mass is 481 g/mol. The highest BCUT2D eigenvalue weighted by molar-refractivity contribution is 14.0. The number of rotatable bonds is 5. The van der Waals surface area contributed by atoms with Gasteiger partial charge in [-0.3, -0.25) is 9.89 Å². The molecule has 4 rings (SSSR count). The second kappa shape index (κ2) is 9.54. The Morgan fingerprint density at radius 1 is 1.19 bits per heavy atom. The highest BCUT2D eigenvalue weighted by Crippen LogP contribution is 2.36. The number of aliphatic imine (C=N–C) groups is 1. The molecule has 1 aromatic heterocycles. The van der Waals surface area contributed by atoms with Crippen molar-refractivity contribution in [1.82, 2.24) is 20.7 Å². The van der Waals surface area contributed by atoms with E-state index in [-0.39, 0.29) is 24.0 Å². The van der Waals surface area contributed by atoms with E-state index in [9.17, 15) is 0 Å². The molecule has 2 aliphatic rings. The van der Waals surface area contributed by atoms with Crippen LogP contribution in [0.3, 0.4) is 0 Å². The molecule has 0 spiro atoms. The fraction of sp³-hybridized carbons (Fsp3) is 0.500. The lowest BCUT2D eigenvalue weighted by molar-refractivity contribution is 0.114. The number of hydrogen-bond acceptors (Lipinski definition) is 4. The number of halogens is 1. The quantitative estimate of drug-likeness (QED) is 0.390. The van der Waals surface area contributed by atoms with Gasteiger partial charge in [0.15, 0.2) is 5.96 Å². The Morgan fingerprint density at radius 3 is 2.56 bits per heavy atom. The summed E-state index contributed by atoms with van der Waals surface area (Å²) < 4.78 is 4.87. The standard InChI is InChI=1S/C20H27N5O.HI/c1-21-20(22-13-16-9-10-26-24-16)23-17-11-18-7-8-19(12-17)25(18)14-15-5-3-2-4-6-15;/h2-6,9-10,17-19H,7-8,11-14H2,1H3,(H2,21,22,23);1H. The average Bonchev–Trinajstić information content (AvgIpc) is 3.26. The molecule has 146 valence electrons. The third-order valence-electron chi connectivity index (χ3n) is 5.58. The van der Waals surface area contributed by atoms with Crippen LogP contribution in [-0.4, -0.2) is 41.2 Å². The second-order valence-electron chi connectivity index (χ2n) is 7.27. The molecule has 0 amide bonds. The van der Waals surface area contributed by atoms with Gasteiger partial charge in [-0.15, -0.1) is 24.0 Å². The summed E-state index contributed by atoms with van der Waals surface area (Å²) in [5, 5.41) is 10.9. The van der Waals surface area contributed by atoms with Crippen LogP contribution in [0.2, 0.25) is 0 Å². The molecule has 0 saturated carbocycles. The van der Waals surface area contributed by atoms with E-state index in [0.717, 1.165) is 18.2 Å². The highest BCUT2D eigenvalue weighted by atomic mass is 127. The van der Waals surface area contributed by atoms with Crippen molar-refractivity contribution < 1.29 is 4.52 Å². The first kappa shape index (κ1) is 20.1. The van der Waals surface area contributed by atoms with E-state index in [0.29, 0.717) is 24.7 Å². The smallest absolute Gasteiger partial charge is 0.191 e. The van der Waals surface area contributed by atoms with Crippen LogP contribution in [0.4, 0.5) is 0 Å². The van der Waals surface area contributed by atoms with Crippen LogP contribution in [0.25, 0.3) is 0 Å². The average molecular weight is 481 g/mol. The molecule has 2 unspecified atom stereocenters. The van der Waals surface area contributed by atoms with Crippen molar-refractivity contribution >= 4 is 29.9 Å². The summed E-state index contributed by atoms with van der Waals surface area (Å²) in [5.41, 5.74) is 2.30. The molecule has 3 heterocycles. The van der Waals surface area contributed by atoms with E-state index in [2.05, 4.69) is 56.0 Å². The largest absolute Gasteiger partial charge is 0.364 e. The molecule has 2 aromatic rings. The van der Waals surface area contributed by atoms with Crippen LogP contribution in [0.15, 0.2) is 52.2 Å². The second-order valence-corrected chi connectivity index (χ2v) is 7.27. The number of fused-ring (bicyclic) bond motifs is 2. The van der Waals surface area contributed by atoms with Crippen molar-refractivity contribution in [2.75, 3.05) is 7.05 Å². The lowest BCUT2D eigenvalue weighted by Crippen LogP contribution is -2.52. The Bertz CT molecular complexity index is 707. The van der Waals surface area contributed by atoms with Gasteiger partial charge in [0.25, 0.3) is 0 Å². The number of benzene rings is 1. The summed E-state index contributed by atoms with van der Waals surface area (Å²) in [5.74, 6) is 0.842. The predicted molar refractivity (Wildman–Crippen MR) is 117 cm³/mol. The zero-order valence-corrected chi connectivity index (χ0v) is 18.0. The maximum absolute atomic E-state index is 4.87. The minimum absolute atomic E-state index is 0. The highest BCUT2D eigenvalue weighted by Gasteiger charge is 2.40. The Hall–Kier alpha value is -1.61. The van der Waals surface area contributed by atoms with Crippen LogP contribution in [0, 0.1) is 0 Å². The van der Waals surface area contributed by atoms with Crippen LogP contribution in [0.1, 0.15) is 36.9 Å². The lowest BCUT2D eigenvalue weighted by atomic mass is 9.96. The fourth-order valence-corrected chi connectivity index (χ4v) is 4.34. The minimum atomic E-state index is 0. The first-order valence-electron chi connectivity index (χ1n) is 9.48. The Morgan fingerprint density at radius 2 is 1.93 bits per heavy atom. The fourth-order valence-electron chi connectivity index (χ4n) is 4.34. The Kier molecular flexibility index (Phi) is 7.12. The summed E-state index contributed by atoms with van der Waals surface area (Å²) in [6.07, 6.45) is 6.55. The van der Waals surface area contributed by atoms with Crippen LogP contribution >= 0.6 is 24.0 Å². The zero-order chi connectivity index (χ0) is 17.8. The molecule has 7 heteroatoms. The molecule has 0 radical (unpaired) electrons. The van der Waals surface area contributed by atoms with Crippen LogP contribution < -0.4 is 10.6 Å². The van der Waals surface area contributed by atoms with Crippen molar-refractivity contribution in [2.45, 2.75) is 56.9 Å². The van der Waals surface area contributed by atoms with Gasteiger partial charge in [0, 0.05) is 37.8 Å². The van der Waals surface area contributed by atoms with E-state index in [4.69, 9.17) is 4.52 Å². The maximum Gasteiger partial charge on any atom is 0.191 e. The summed E-state index contributed by atoms with van der Waals surface area (Å²) >= 11 is 0. The lowest BCUT2D eigenvalue weighted by Gasteiger charge is -2.39. The third kappa shape index (κ3) is 5.01. The van der Waals surface area contributed by atoms with E-state index in [1.807, 2.05) is 13.1 Å². The number of hydrogen-bond donors (Lipinski definition) is 2. The third-order valence-corrected chi connectivity index (χ3v) is 5.58. The summed E-state index contributed by atoms with van der Waals surface area (Å²) in [7, 11) is 1.82. The van der Waals surface area contributed by atoms with Crippen molar-refractivity contribution in [2.24, 2.45) is 4.99 Å². The molecular weight excluding hydrogens is 453 g/mol. The first-order valence-corrected chi connectivity index (χ1v) is 9.48. The minimum Gasteiger partial charge on any atom is -0.364 e.